The van der Waals surface area contributed by atoms with E-state index >= 15 is 0 Å². The Kier molecular flexibility index (Phi) is 46.2. The highest BCUT2D eigenvalue weighted by Crippen LogP contribution is 2.41. The maximum Gasteiger partial charge on any atom is 0.0505 e. The van der Waals surface area contributed by atoms with Crippen LogP contribution in [0, 0.1) is 0 Å². The van der Waals surface area contributed by atoms with Crippen LogP contribution in [0.4, 0.5) is 0 Å². The second-order valence-corrected chi connectivity index (χ2v) is 23.7. The van der Waals surface area contributed by atoms with Crippen LogP contribution in [0.25, 0.3) is 0 Å². The Morgan fingerprint density at radius 2 is 0.500 bits per heavy atom. The minimum absolute atomic E-state index is 0. The first-order chi connectivity index (χ1) is 16.0. The standard InChI is InChI=1S/C7H15P.C6H13P.C5H11OP.C5H11P.C4H9P.5CH4/c1-8-6-4-2-3-5-7-8;1-7-5-3-2-4-6-7;1-7-4-2-6-3-5-7;1-6-4-2-3-5-6;1-5-3-2-4-5;;;;;/h2-7H2,1H3;2-6H2,1H3;2-5H2,1H3;2-5H2,1H3;2-4H2,1H3;5*1H4. The summed E-state index contributed by atoms with van der Waals surface area (Å²) >= 11 is 0. The van der Waals surface area contributed by atoms with Crippen LogP contribution in [0.15, 0.2) is 0 Å². The van der Waals surface area contributed by atoms with Gasteiger partial charge in [-0.2, -0.15) is 0 Å². The van der Waals surface area contributed by atoms with Gasteiger partial charge in [0.2, 0.25) is 0 Å². The van der Waals surface area contributed by atoms with Gasteiger partial charge in [0.05, 0.1) is 13.2 Å². The van der Waals surface area contributed by atoms with E-state index in [0.717, 1.165) is 13.2 Å². The molecule has 38 heavy (non-hydrogen) atoms. The quantitative estimate of drug-likeness (QED) is 0.241. The van der Waals surface area contributed by atoms with Gasteiger partial charge >= 0.3 is 0 Å². The molecule has 5 aliphatic heterocycles. The summed E-state index contributed by atoms with van der Waals surface area (Å²) in [6.45, 7) is 14.0. The predicted molar refractivity (Wildman–Crippen MR) is 204 cm³/mol. The molecule has 0 aromatic heterocycles. The van der Waals surface area contributed by atoms with Crippen LogP contribution < -0.4 is 0 Å². The van der Waals surface area contributed by atoms with Gasteiger partial charge in [0.25, 0.3) is 0 Å². The molecule has 5 fully saturated rings. The van der Waals surface area contributed by atoms with E-state index in [0.29, 0.717) is 39.6 Å². The van der Waals surface area contributed by atoms with E-state index in [1.807, 2.05) is 0 Å². The molecule has 0 spiro atoms. The fourth-order valence-corrected chi connectivity index (χ4v) is 11.6. The van der Waals surface area contributed by atoms with Crippen LogP contribution in [0.5, 0.6) is 0 Å². The average molecular weight is 635 g/mol. The van der Waals surface area contributed by atoms with E-state index < -0.39 is 0 Å². The van der Waals surface area contributed by atoms with E-state index in [9.17, 15) is 0 Å². The highest BCUT2D eigenvalue weighted by molar-refractivity contribution is 7.58. The minimum Gasteiger partial charge on any atom is -0.381 e. The number of hydrogen-bond acceptors (Lipinski definition) is 1. The van der Waals surface area contributed by atoms with Gasteiger partial charge in [-0.05, 0) is 140 Å². The van der Waals surface area contributed by atoms with Crippen LogP contribution in [0.2, 0.25) is 0 Å². The number of hydrogen-bond donors (Lipinski definition) is 0. The molecule has 0 amide bonds. The highest BCUT2D eigenvalue weighted by atomic mass is 31.1. The van der Waals surface area contributed by atoms with Crippen LogP contribution >= 0.6 is 39.6 Å². The monoisotopic (exact) mass is 634 g/mol. The molecule has 0 bridgehead atoms. The smallest absolute Gasteiger partial charge is 0.0505 e. The Labute approximate surface area is 253 Å². The Morgan fingerprint density at radius 3 is 0.711 bits per heavy atom. The summed E-state index contributed by atoms with van der Waals surface area (Å²) in [5.41, 5.74) is 0. The van der Waals surface area contributed by atoms with Crippen molar-refractivity contribution in [2.24, 2.45) is 0 Å². The molecule has 5 heterocycles. The van der Waals surface area contributed by atoms with Crippen LogP contribution in [0.3, 0.4) is 0 Å². The van der Waals surface area contributed by atoms with Crippen molar-refractivity contribution in [2.45, 2.75) is 101 Å². The molecule has 0 saturated carbocycles. The van der Waals surface area contributed by atoms with Crippen molar-refractivity contribution in [1.82, 2.24) is 0 Å². The average Bonchev–Trinajstić information content (AvgIpc) is 3.16. The molecule has 5 saturated heterocycles. The third-order valence-corrected chi connectivity index (χ3v) is 17.6. The first kappa shape index (κ1) is 49.8. The molecule has 0 atom stereocenters. The summed E-state index contributed by atoms with van der Waals surface area (Å²) in [6.07, 6.45) is 30.2. The Bertz CT molecular complexity index is 381. The molecule has 0 N–H and O–H groups in total. The van der Waals surface area contributed by atoms with E-state index in [4.69, 9.17) is 4.74 Å². The largest absolute Gasteiger partial charge is 0.381 e. The van der Waals surface area contributed by atoms with Crippen molar-refractivity contribution in [3.8, 4) is 0 Å². The van der Waals surface area contributed by atoms with Gasteiger partial charge < -0.3 is 4.74 Å². The lowest BCUT2D eigenvalue weighted by Gasteiger charge is -2.19. The maximum atomic E-state index is 5.16. The van der Waals surface area contributed by atoms with Crippen molar-refractivity contribution < 1.29 is 4.74 Å². The third-order valence-electron chi connectivity index (χ3n) is 7.05. The fraction of sp³-hybridized carbons (Fsp3) is 1.00. The summed E-state index contributed by atoms with van der Waals surface area (Å²) < 4.78 is 5.16. The van der Waals surface area contributed by atoms with E-state index in [1.54, 1.807) is 49.3 Å². The molecule has 1 nitrogen and oxygen atoms in total. The molecule has 5 rings (SSSR count). The Hall–Kier alpha value is 2.11. The summed E-state index contributed by atoms with van der Waals surface area (Å²) in [4.78, 5) is 0. The second-order valence-electron chi connectivity index (χ2n) is 10.7. The zero-order valence-electron chi connectivity index (χ0n) is 23.2. The summed E-state index contributed by atoms with van der Waals surface area (Å²) in [6, 6.07) is 0. The van der Waals surface area contributed by atoms with Crippen molar-refractivity contribution >= 4 is 39.6 Å². The zero-order chi connectivity index (χ0) is 24.2. The lowest BCUT2D eigenvalue weighted by atomic mass is 10.2. The van der Waals surface area contributed by atoms with Gasteiger partial charge in [0, 0.05) is 0 Å². The lowest BCUT2D eigenvalue weighted by molar-refractivity contribution is 0.158. The van der Waals surface area contributed by atoms with Crippen LogP contribution in [-0.4, -0.2) is 108 Å². The zero-order valence-corrected chi connectivity index (χ0v) is 27.7. The van der Waals surface area contributed by atoms with Gasteiger partial charge in [-0.15, -0.1) is 39.6 Å². The number of rotatable bonds is 0. The van der Waals surface area contributed by atoms with E-state index in [2.05, 4.69) is 33.3 Å². The first-order valence-corrected chi connectivity index (χ1v) is 24.8. The van der Waals surface area contributed by atoms with Crippen molar-refractivity contribution in [3.63, 3.8) is 0 Å². The van der Waals surface area contributed by atoms with Crippen LogP contribution in [-0.2, 0) is 4.74 Å². The van der Waals surface area contributed by atoms with Gasteiger partial charge in [-0.1, -0.05) is 56.4 Å². The topological polar surface area (TPSA) is 9.23 Å². The van der Waals surface area contributed by atoms with Crippen molar-refractivity contribution in [3.05, 3.63) is 0 Å². The highest BCUT2D eigenvalue weighted by Gasteiger charge is 2.09. The van der Waals surface area contributed by atoms with Crippen molar-refractivity contribution in [2.75, 3.05) is 108 Å². The van der Waals surface area contributed by atoms with E-state index in [1.165, 1.54) is 76.5 Å². The molecule has 0 unspecified atom stereocenters. The molecule has 6 heteroatoms. The molecular weight excluding hydrogens is 555 g/mol. The molecule has 5 aliphatic rings. The van der Waals surface area contributed by atoms with Gasteiger partial charge in [0.15, 0.2) is 0 Å². The molecule has 0 aromatic carbocycles. The summed E-state index contributed by atoms with van der Waals surface area (Å²) in [7, 11) is 2.49. The van der Waals surface area contributed by atoms with E-state index in [-0.39, 0.29) is 37.1 Å². The van der Waals surface area contributed by atoms with Gasteiger partial charge in [0.1, 0.15) is 0 Å². The molecular formula is C32H79OP5. The Morgan fingerprint density at radius 1 is 0.289 bits per heavy atom. The van der Waals surface area contributed by atoms with Crippen LogP contribution in [0.1, 0.15) is 101 Å². The fourth-order valence-electron chi connectivity index (χ4n) is 4.29. The first-order valence-electron chi connectivity index (χ1n) is 14.0. The molecule has 0 radical (unpaired) electrons. The molecule has 238 valence electrons. The maximum absolute atomic E-state index is 5.16. The number of ether oxygens (including phenoxy) is 1. The second kappa shape index (κ2) is 35.3. The summed E-state index contributed by atoms with van der Waals surface area (Å²) in [5.74, 6) is 0. The minimum atomic E-state index is 0. The SMILES string of the molecule is C.C.C.C.C.CP1CCC1.CP1CCCC1.CP1CCCCC1.CP1CCCCCC1.CP1CCOCC1. The normalized spacial score (nSPS) is 22.0. The Balaban J connectivity index is -0.000000116. The summed E-state index contributed by atoms with van der Waals surface area (Å²) in [5, 5.41) is 0. The molecule has 0 aliphatic carbocycles. The van der Waals surface area contributed by atoms with Gasteiger partial charge in [-0.25, -0.2) is 0 Å². The van der Waals surface area contributed by atoms with Gasteiger partial charge in [-0.3, -0.25) is 0 Å². The lowest BCUT2D eigenvalue weighted by Crippen LogP contribution is -2.11. The molecule has 0 aromatic rings. The van der Waals surface area contributed by atoms with Crippen molar-refractivity contribution in [1.29, 1.82) is 0 Å². The predicted octanol–water partition coefficient (Wildman–Crippen LogP) is 12.7. The third kappa shape index (κ3) is 32.6.